The highest BCUT2D eigenvalue weighted by Gasteiger charge is 2.43. The summed E-state index contributed by atoms with van der Waals surface area (Å²) in [6, 6.07) is 23.6. The summed E-state index contributed by atoms with van der Waals surface area (Å²) in [7, 11) is -4.55. The Bertz CT molecular complexity index is 2810. The lowest BCUT2D eigenvalue weighted by molar-refractivity contribution is -0.384. The summed E-state index contributed by atoms with van der Waals surface area (Å²) in [6.45, 7) is 7.04. The van der Waals surface area contributed by atoms with Crippen LogP contribution >= 0.6 is 0 Å². The van der Waals surface area contributed by atoms with Crippen molar-refractivity contribution in [3.05, 3.63) is 106 Å². The van der Waals surface area contributed by atoms with Gasteiger partial charge in [-0.15, -0.1) is 0 Å². The first kappa shape index (κ1) is 44.8. The van der Waals surface area contributed by atoms with Crippen molar-refractivity contribution in [2.24, 2.45) is 11.3 Å². The fourth-order valence-electron chi connectivity index (χ4n) is 12.0. The van der Waals surface area contributed by atoms with Gasteiger partial charge in [-0.25, -0.2) is 13.1 Å². The molecule has 3 saturated heterocycles. The SMILES string of the molecule is C[C@@H]1CN(c2cc(N3CCC4(CCC(N5CCCC5c5ccccc5C5CC5)CC4)CC3)ccc2C(=O)NS(=O)(=O)c2ccc(NCC3CCOCC3)c([N+](=O)[O-])c2)c2cc3cc[nH]c3nc2O1. The maximum atomic E-state index is 14.4. The van der Waals surface area contributed by atoms with E-state index in [0.717, 1.165) is 61.8 Å². The van der Waals surface area contributed by atoms with E-state index in [-0.39, 0.29) is 33.9 Å². The molecule has 68 heavy (non-hydrogen) atoms. The van der Waals surface area contributed by atoms with Crippen molar-refractivity contribution in [1.82, 2.24) is 19.6 Å². The summed E-state index contributed by atoms with van der Waals surface area (Å²) >= 11 is 0. The number of benzene rings is 3. The molecule has 0 radical (unpaired) electrons. The zero-order chi connectivity index (χ0) is 46.6. The van der Waals surface area contributed by atoms with E-state index in [4.69, 9.17) is 14.5 Å². The second kappa shape index (κ2) is 18.3. The summed E-state index contributed by atoms with van der Waals surface area (Å²) in [5, 5.41) is 16.2. The van der Waals surface area contributed by atoms with Crippen LogP contribution in [0.5, 0.6) is 5.88 Å². The van der Waals surface area contributed by atoms with Crippen LogP contribution in [0.2, 0.25) is 0 Å². The smallest absolute Gasteiger partial charge is 0.293 e. The van der Waals surface area contributed by atoms with Gasteiger partial charge in [-0.3, -0.25) is 19.8 Å². The molecule has 358 valence electrons. The van der Waals surface area contributed by atoms with Gasteiger partial charge in [-0.1, -0.05) is 24.3 Å². The van der Waals surface area contributed by atoms with Crippen molar-refractivity contribution >= 4 is 55.4 Å². The molecule has 4 aliphatic heterocycles. The number of nitrogens with one attached hydrogen (secondary N) is 3. The molecule has 5 aromatic rings. The average molecular weight is 943 g/mol. The number of sulfonamides is 1. The van der Waals surface area contributed by atoms with Crippen molar-refractivity contribution in [3.63, 3.8) is 0 Å². The van der Waals surface area contributed by atoms with Crippen LogP contribution in [-0.4, -0.2) is 92.2 Å². The minimum Gasteiger partial charge on any atom is -0.471 e. The molecule has 6 heterocycles. The van der Waals surface area contributed by atoms with Crippen molar-refractivity contribution in [2.45, 2.75) is 113 Å². The third-order valence-electron chi connectivity index (χ3n) is 16.0. The zero-order valence-corrected chi connectivity index (χ0v) is 39.6. The first-order chi connectivity index (χ1) is 33.0. The predicted molar refractivity (Wildman–Crippen MR) is 263 cm³/mol. The van der Waals surface area contributed by atoms with Crippen molar-refractivity contribution < 1.29 is 27.6 Å². The number of nitro benzene ring substituents is 1. The molecule has 2 aromatic heterocycles. The largest absolute Gasteiger partial charge is 0.471 e. The Labute approximate surface area is 398 Å². The third kappa shape index (κ3) is 8.90. The summed E-state index contributed by atoms with van der Waals surface area (Å²) in [6.07, 6.45) is 15.5. The quantitative estimate of drug-likeness (QED) is 0.0799. The highest BCUT2D eigenvalue weighted by molar-refractivity contribution is 7.90. The molecule has 1 spiro atoms. The lowest BCUT2D eigenvalue weighted by atomic mass is 9.66. The van der Waals surface area contributed by atoms with Gasteiger partial charge in [0.05, 0.1) is 27.6 Å². The molecule has 2 aliphatic carbocycles. The molecule has 5 fully saturated rings. The van der Waals surface area contributed by atoms with Crippen molar-refractivity contribution in [3.8, 4) is 5.88 Å². The van der Waals surface area contributed by atoms with E-state index in [9.17, 15) is 23.3 Å². The number of ether oxygens (including phenoxy) is 2. The lowest BCUT2D eigenvalue weighted by Crippen LogP contribution is -2.46. The maximum Gasteiger partial charge on any atom is 0.293 e. The lowest BCUT2D eigenvalue weighted by Gasteiger charge is -2.48. The number of nitro groups is 1. The predicted octanol–water partition coefficient (Wildman–Crippen LogP) is 9.59. The number of hydrogen-bond acceptors (Lipinski definition) is 12. The molecule has 3 N–H and O–H groups in total. The summed E-state index contributed by atoms with van der Waals surface area (Å²) in [5.41, 5.74) is 6.26. The number of carbonyl (C=O) groups is 1. The Morgan fingerprint density at radius 1 is 0.897 bits per heavy atom. The van der Waals surface area contributed by atoms with Gasteiger partial charge < -0.3 is 29.6 Å². The molecule has 1 unspecified atom stereocenters. The number of rotatable bonds is 12. The summed E-state index contributed by atoms with van der Waals surface area (Å²) < 4.78 is 41.9. The molecule has 1 amide bonds. The summed E-state index contributed by atoms with van der Waals surface area (Å²) in [4.78, 5) is 40.9. The van der Waals surface area contributed by atoms with E-state index >= 15 is 0 Å². The van der Waals surface area contributed by atoms with E-state index in [1.807, 2.05) is 42.3 Å². The Balaban J connectivity index is 0.828. The molecule has 16 heteroatoms. The van der Waals surface area contributed by atoms with Crippen LogP contribution in [0.3, 0.4) is 0 Å². The molecular weight excluding hydrogens is 881 g/mol. The van der Waals surface area contributed by atoms with Gasteiger partial charge in [-0.2, -0.15) is 4.98 Å². The van der Waals surface area contributed by atoms with Gasteiger partial charge >= 0.3 is 0 Å². The van der Waals surface area contributed by atoms with Gasteiger partial charge in [0.25, 0.3) is 21.6 Å². The molecule has 2 saturated carbocycles. The maximum absolute atomic E-state index is 14.4. The van der Waals surface area contributed by atoms with E-state index in [1.165, 1.54) is 70.0 Å². The normalized spacial score (nSPS) is 22.5. The fourth-order valence-corrected chi connectivity index (χ4v) is 13.0. The molecule has 0 bridgehead atoms. The third-order valence-corrected chi connectivity index (χ3v) is 17.3. The molecule has 11 rings (SSSR count). The number of anilines is 4. The number of amides is 1. The van der Waals surface area contributed by atoms with E-state index in [2.05, 4.69) is 49.1 Å². The Hall–Kier alpha value is -5.71. The van der Waals surface area contributed by atoms with Crippen LogP contribution in [0.1, 0.15) is 117 Å². The molecule has 6 aliphatic rings. The number of aromatic nitrogens is 2. The van der Waals surface area contributed by atoms with Crippen molar-refractivity contribution in [2.75, 3.05) is 61.1 Å². The van der Waals surface area contributed by atoms with Crippen molar-refractivity contribution in [1.29, 1.82) is 0 Å². The molecular formula is C52H62N8O7S. The van der Waals surface area contributed by atoms with Crippen LogP contribution in [0.15, 0.2) is 83.9 Å². The van der Waals surface area contributed by atoms with Crippen LogP contribution in [0.25, 0.3) is 11.0 Å². The summed E-state index contributed by atoms with van der Waals surface area (Å²) in [5.74, 6) is 0.595. The second-order valence-electron chi connectivity index (χ2n) is 20.3. The fraction of sp³-hybridized carbons (Fsp3) is 0.500. The number of piperidine rings is 1. The first-order valence-corrected chi connectivity index (χ1v) is 26.3. The number of fused-ring (bicyclic) bond motifs is 2. The highest BCUT2D eigenvalue weighted by Crippen LogP contribution is 2.51. The monoisotopic (exact) mass is 942 g/mol. The Morgan fingerprint density at radius 2 is 1.68 bits per heavy atom. The number of carbonyl (C=O) groups excluding carboxylic acids is 1. The number of nitrogens with zero attached hydrogens (tertiary/aromatic N) is 5. The van der Waals surface area contributed by atoms with Gasteiger partial charge in [0.2, 0.25) is 5.88 Å². The van der Waals surface area contributed by atoms with Crippen LogP contribution in [0, 0.1) is 21.4 Å². The highest BCUT2D eigenvalue weighted by atomic mass is 32.2. The minimum atomic E-state index is -4.55. The molecule has 15 nitrogen and oxygen atoms in total. The number of aromatic amines is 1. The zero-order valence-electron chi connectivity index (χ0n) is 38.8. The standard InChI is InChI=1S/C52H62N8O7S/c1-34-33-59(48-29-37-16-23-53-49(37)55-51(48)67-34)46-30-39(10-12-43(46)50(61)56-68(64,65)40-11-13-44(47(31-40)60(62)63)54-32-35-17-27-66-28-18-35)57-25-21-52(22-26-57)19-14-38(15-20-52)58-24-4-7-45(58)42-6-3-2-5-41(42)36-8-9-36/h2-3,5-6,10-13,16,23,29-31,34-36,38,45,54H,4,7-9,14-15,17-22,24-28,32-33H2,1H3,(H,53,55)(H,56,61)/t34-,45?/m1/s1. The molecule has 3 aromatic carbocycles. The van der Waals surface area contributed by atoms with Gasteiger partial charge in [0.1, 0.15) is 23.1 Å². The topological polar surface area (TPSA) is 175 Å². The Morgan fingerprint density at radius 3 is 2.44 bits per heavy atom. The minimum absolute atomic E-state index is 0.141. The van der Waals surface area contributed by atoms with Crippen LogP contribution in [0.4, 0.5) is 28.4 Å². The number of H-pyrrole nitrogens is 1. The van der Waals surface area contributed by atoms with Gasteiger partial charge in [0.15, 0.2) is 0 Å². The van der Waals surface area contributed by atoms with Gasteiger partial charge in [0, 0.05) is 68.3 Å². The first-order valence-electron chi connectivity index (χ1n) is 24.8. The van der Waals surface area contributed by atoms with Crippen LogP contribution < -0.4 is 24.6 Å². The van der Waals surface area contributed by atoms with Gasteiger partial charge in [-0.05, 0) is 161 Å². The number of hydrogen-bond donors (Lipinski definition) is 3. The van der Waals surface area contributed by atoms with E-state index in [1.54, 1.807) is 17.2 Å². The van der Waals surface area contributed by atoms with Crippen LogP contribution in [-0.2, 0) is 14.8 Å². The number of likely N-dealkylation sites (tertiary alicyclic amines) is 1. The Kier molecular flexibility index (Phi) is 12.1. The van der Waals surface area contributed by atoms with E-state index in [0.29, 0.717) is 66.7 Å². The van der Waals surface area contributed by atoms with E-state index < -0.39 is 20.9 Å². The second-order valence-corrected chi connectivity index (χ2v) is 22.0. The average Bonchev–Trinajstić information content (AvgIpc) is 3.90. The number of pyridine rings is 1. The molecule has 2 atom stereocenters.